The molecule has 42 heavy (non-hydrogen) atoms. The van der Waals surface area contributed by atoms with Gasteiger partial charge < -0.3 is 14.4 Å². The van der Waals surface area contributed by atoms with Crippen molar-refractivity contribution in [1.82, 2.24) is 9.97 Å². The fourth-order valence-electron chi connectivity index (χ4n) is 5.21. The monoisotopic (exact) mass is 747 g/mol. The van der Waals surface area contributed by atoms with E-state index in [4.69, 9.17) is 9.40 Å². The number of hydrogen-bond donors (Lipinski definition) is 0. The van der Waals surface area contributed by atoms with E-state index < -0.39 is 8.07 Å². The zero-order valence-corrected chi connectivity index (χ0v) is 29.1. The van der Waals surface area contributed by atoms with Gasteiger partial charge in [-0.05, 0) is 47.8 Å². The van der Waals surface area contributed by atoms with Gasteiger partial charge in [0.25, 0.3) is 0 Å². The first-order chi connectivity index (χ1) is 19.4. The average Bonchev–Trinajstić information content (AvgIpc) is 3.32. The third kappa shape index (κ3) is 6.65. The number of fused-ring (bicyclic) bond motifs is 3. The Bertz CT molecular complexity index is 1810. The molecule has 3 nitrogen and oxygen atoms in total. The van der Waals surface area contributed by atoms with Crippen LogP contribution in [0.3, 0.4) is 0 Å². The van der Waals surface area contributed by atoms with Crippen molar-refractivity contribution in [2.24, 2.45) is 0 Å². The van der Waals surface area contributed by atoms with E-state index in [2.05, 4.69) is 101 Å². The first-order valence-electron chi connectivity index (χ1n) is 14.2. The molecule has 0 aliphatic rings. The normalized spacial score (nSPS) is 11.6. The van der Waals surface area contributed by atoms with Crippen molar-refractivity contribution < 1.29 is 24.5 Å². The number of nitrogens with zero attached hydrogens (tertiary/aromatic N) is 2. The van der Waals surface area contributed by atoms with Crippen LogP contribution in [-0.2, 0) is 25.5 Å². The van der Waals surface area contributed by atoms with Gasteiger partial charge in [0.1, 0.15) is 5.58 Å². The second kappa shape index (κ2) is 12.5. The Kier molecular flexibility index (Phi) is 9.37. The number of para-hydroxylation sites is 1. The molecule has 3 heterocycles. The van der Waals surface area contributed by atoms with Crippen LogP contribution in [-0.4, -0.2) is 18.0 Å². The van der Waals surface area contributed by atoms with Gasteiger partial charge in [0.2, 0.25) is 0 Å². The molecule has 0 bridgehead atoms. The summed E-state index contributed by atoms with van der Waals surface area (Å²) in [5, 5.41) is 3.82. The van der Waals surface area contributed by atoms with Gasteiger partial charge in [-0.2, -0.15) is 0 Å². The maximum absolute atomic E-state index is 6.36. The topological polar surface area (TPSA) is 38.9 Å². The van der Waals surface area contributed by atoms with Crippen LogP contribution in [0.2, 0.25) is 19.6 Å². The zero-order chi connectivity index (χ0) is 29.4. The van der Waals surface area contributed by atoms with Crippen molar-refractivity contribution in [2.75, 3.05) is 0 Å². The Hall–Kier alpha value is -3.37. The van der Waals surface area contributed by atoms with E-state index in [1.807, 2.05) is 55.7 Å². The number of rotatable bonds is 3. The fourth-order valence-corrected chi connectivity index (χ4v) is 6.71. The number of aryl methyl sites for hydroxylation is 2. The molecule has 0 saturated heterocycles. The van der Waals surface area contributed by atoms with E-state index in [0.717, 1.165) is 33.7 Å². The molecule has 0 atom stereocenters. The van der Waals surface area contributed by atoms with Crippen molar-refractivity contribution in [3.05, 3.63) is 114 Å². The van der Waals surface area contributed by atoms with Crippen molar-refractivity contribution >= 4 is 35.2 Å². The summed E-state index contributed by atoms with van der Waals surface area (Å²) < 4.78 is 6.36. The summed E-state index contributed by atoms with van der Waals surface area (Å²) in [5.74, 6) is 0. The molecule has 0 spiro atoms. The molecule has 1 radical (unpaired) electrons. The van der Waals surface area contributed by atoms with Crippen LogP contribution in [0.15, 0.2) is 89.6 Å². The van der Waals surface area contributed by atoms with Gasteiger partial charge in [0.05, 0.1) is 5.58 Å². The van der Waals surface area contributed by atoms with Crippen molar-refractivity contribution in [1.29, 1.82) is 0 Å². The first-order valence-corrected chi connectivity index (χ1v) is 17.7. The van der Waals surface area contributed by atoms with E-state index in [9.17, 15) is 0 Å². The minimum absolute atomic E-state index is 0. The summed E-state index contributed by atoms with van der Waals surface area (Å²) in [6, 6.07) is 31.3. The SMILES string of the molecule is Cc1cc(-c2[c-]cc([Si](C)(C)C)c3c2oc2ccccc23)ncc1C(C)(C)C.Cc1ccc(-c2[c-]cccc2)nc1.[Ir]. The van der Waals surface area contributed by atoms with Crippen LogP contribution in [0.5, 0.6) is 0 Å². The predicted molar refractivity (Wildman–Crippen MR) is 175 cm³/mol. The standard InChI is InChI=1S/C25H28NOSi.C12H10N.Ir/c1-16-14-20(26-15-19(16)25(2,3)4)17-12-13-22(28(5,6)7)23-18-10-8-9-11-21(18)27-24(17)23;1-10-7-8-12(13-9-10)11-5-3-2-4-6-11;/h8-11,13-15H,1-7H3;2-5,7-9H,1H3;/q2*-1;. The van der Waals surface area contributed by atoms with Crippen LogP contribution in [0.1, 0.15) is 37.5 Å². The second-order valence-electron chi connectivity index (χ2n) is 12.8. The molecule has 0 aliphatic heterocycles. The molecule has 0 fully saturated rings. The molecule has 217 valence electrons. The number of furan rings is 1. The summed E-state index contributed by atoms with van der Waals surface area (Å²) in [4.78, 5) is 9.13. The third-order valence-corrected chi connectivity index (χ3v) is 9.34. The van der Waals surface area contributed by atoms with E-state index in [1.54, 1.807) is 0 Å². The molecule has 6 aromatic rings. The summed E-state index contributed by atoms with van der Waals surface area (Å²) in [6.07, 6.45) is 3.88. The van der Waals surface area contributed by atoms with E-state index in [1.165, 1.54) is 32.6 Å². The third-order valence-electron chi connectivity index (χ3n) is 7.33. The van der Waals surface area contributed by atoms with E-state index in [-0.39, 0.29) is 25.5 Å². The van der Waals surface area contributed by atoms with Gasteiger partial charge in [-0.3, -0.25) is 0 Å². The Balaban J connectivity index is 0.000000243. The molecule has 0 saturated carbocycles. The van der Waals surface area contributed by atoms with Gasteiger partial charge in [-0.25, -0.2) is 0 Å². The quantitative estimate of drug-likeness (QED) is 0.134. The number of pyridine rings is 2. The van der Waals surface area contributed by atoms with Crippen LogP contribution in [0.25, 0.3) is 44.5 Å². The van der Waals surface area contributed by atoms with Gasteiger partial charge in [-0.1, -0.05) is 93.3 Å². The molecule has 0 N–H and O–H groups in total. The summed E-state index contributed by atoms with van der Waals surface area (Å²) in [6.45, 7) is 18.0. The first kappa shape index (κ1) is 31.6. The molecule has 3 aromatic carbocycles. The summed E-state index contributed by atoms with van der Waals surface area (Å²) in [5.41, 5.74) is 9.54. The predicted octanol–water partition coefficient (Wildman–Crippen LogP) is 9.45. The maximum Gasteiger partial charge on any atom is 0.120 e. The summed E-state index contributed by atoms with van der Waals surface area (Å²) >= 11 is 0. The van der Waals surface area contributed by atoms with Crippen LogP contribution in [0.4, 0.5) is 0 Å². The zero-order valence-electron chi connectivity index (χ0n) is 25.7. The second-order valence-corrected chi connectivity index (χ2v) is 17.8. The van der Waals surface area contributed by atoms with E-state index >= 15 is 0 Å². The number of hydrogen-bond acceptors (Lipinski definition) is 3. The van der Waals surface area contributed by atoms with E-state index in [0.29, 0.717) is 0 Å². The van der Waals surface area contributed by atoms with Gasteiger partial charge in [-0.15, -0.1) is 53.2 Å². The fraction of sp³-hybridized carbons (Fsp3) is 0.243. The van der Waals surface area contributed by atoms with Crippen LogP contribution < -0.4 is 5.19 Å². The largest absolute Gasteiger partial charge is 0.501 e. The smallest absolute Gasteiger partial charge is 0.120 e. The Labute approximate surface area is 264 Å². The molecule has 0 unspecified atom stereocenters. The molecule has 3 aromatic heterocycles. The molecule has 5 heteroatoms. The average molecular weight is 747 g/mol. The number of benzene rings is 3. The molecule has 6 rings (SSSR count). The van der Waals surface area contributed by atoms with Gasteiger partial charge in [0, 0.05) is 46.0 Å². The maximum atomic E-state index is 6.36. The van der Waals surface area contributed by atoms with Gasteiger partial charge >= 0.3 is 0 Å². The molecule has 0 aliphatic carbocycles. The minimum Gasteiger partial charge on any atom is -0.501 e. The minimum atomic E-state index is -1.56. The molecular formula is C37H38IrN2OSi-2. The molecule has 0 amide bonds. The Morgan fingerprint density at radius 1 is 0.810 bits per heavy atom. The van der Waals surface area contributed by atoms with Crippen LogP contribution in [0, 0.1) is 26.0 Å². The van der Waals surface area contributed by atoms with Crippen molar-refractivity contribution in [2.45, 2.75) is 59.7 Å². The van der Waals surface area contributed by atoms with Crippen LogP contribution >= 0.6 is 0 Å². The summed E-state index contributed by atoms with van der Waals surface area (Å²) in [7, 11) is -1.56. The van der Waals surface area contributed by atoms with Crippen molar-refractivity contribution in [3.8, 4) is 22.5 Å². The Morgan fingerprint density at radius 2 is 1.52 bits per heavy atom. The van der Waals surface area contributed by atoms with Crippen molar-refractivity contribution in [3.63, 3.8) is 0 Å². The molecular weight excluding hydrogens is 709 g/mol. The number of aromatic nitrogens is 2. The van der Waals surface area contributed by atoms with Gasteiger partial charge in [0.15, 0.2) is 0 Å². The Morgan fingerprint density at radius 3 is 2.14 bits per heavy atom.